The standard InChI is InChI=1S/C17H22F3N3O4/c1-10-14(16(26)27-3)11(2)21-15(10)12(24)9-22-4-6-23(7-5-22)13(25)8-17(18,19)20/h21H,4-9H2,1-3H3. The van der Waals surface area contributed by atoms with Gasteiger partial charge in [-0.3, -0.25) is 14.5 Å². The number of hydrogen-bond donors (Lipinski definition) is 1. The Bertz CT molecular complexity index is 735. The number of halogens is 3. The number of aryl methyl sites for hydroxylation is 1. The second-order valence-corrected chi connectivity index (χ2v) is 6.49. The molecule has 1 aromatic heterocycles. The van der Waals surface area contributed by atoms with E-state index in [4.69, 9.17) is 4.74 Å². The van der Waals surface area contributed by atoms with Gasteiger partial charge in [0.25, 0.3) is 0 Å². The number of ketones is 1. The van der Waals surface area contributed by atoms with Crippen LogP contribution in [-0.2, 0) is 9.53 Å². The molecule has 7 nitrogen and oxygen atoms in total. The Kier molecular flexibility index (Phi) is 6.30. The molecule has 1 fully saturated rings. The Morgan fingerprint density at radius 1 is 1.11 bits per heavy atom. The number of aromatic nitrogens is 1. The van der Waals surface area contributed by atoms with Gasteiger partial charge in [-0.2, -0.15) is 13.2 Å². The van der Waals surface area contributed by atoms with E-state index < -0.39 is 24.5 Å². The van der Waals surface area contributed by atoms with Crippen molar-refractivity contribution in [2.24, 2.45) is 0 Å². The third-order valence-corrected chi connectivity index (χ3v) is 4.55. The fraction of sp³-hybridized carbons (Fsp3) is 0.588. The summed E-state index contributed by atoms with van der Waals surface area (Å²) in [6.07, 6.45) is -5.99. The molecule has 0 radical (unpaired) electrons. The largest absolute Gasteiger partial charge is 0.465 e. The van der Waals surface area contributed by atoms with Crippen molar-refractivity contribution in [3.05, 3.63) is 22.5 Å². The van der Waals surface area contributed by atoms with Gasteiger partial charge in [-0.25, -0.2) is 4.79 Å². The van der Waals surface area contributed by atoms with Crippen LogP contribution in [0.4, 0.5) is 13.2 Å². The third-order valence-electron chi connectivity index (χ3n) is 4.55. The summed E-state index contributed by atoms with van der Waals surface area (Å²) in [5.74, 6) is -1.72. The number of amides is 1. The lowest BCUT2D eigenvalue weighted by atomic mass is 10.1. The van der Waals surface area contributed by atoms with E-state index >= 15 is 0 Å². The summed E-state index contributed by atoms with van der Waals surface area (Å²) >= 11 is 0. The highest BCUT2D eigenvalue weighted by Gasteiger charge is 2.34. The van der Waals surface area contributed by atoms with Crippen LogP contribution in [0, 0.1) is 13.8 Å². The van der Waals surface area contributed by atoms with Crippen LogP contribution in [0.25, 0.3) is 0 Å². The van der Waals surface area contributed by atoms with Crippen LogP contribution in [-0.4, -0.2) is 78.5 Å². The quantitative estimate of drug-likeness (QED) is 0.612. The molecule has 2 heterocycles. The van der Waals surface area contributed by atoms with E-state index in [1.54, 1.807) is 18.7 Å². The molecule has 2 rings (SSSR count). The van der Waals surface area contributed by atoms with E-state index in [9.17, 15) is 27.6 Å². The molecule has 1 N–H and O–H groups in total. The van der Waals surface area contributed by atoms with Crippen molar-refractivity contribution in [1.29, 1.82) is 0 Å². The molecule has 0 unspecified atom stereocenters. The molecule has 27 heavy (non-hydrogen) atoms. The summed E-state index contributed by atoms with van der Waals surface area (Å²) < 4.78 is 41.7. The van der Waals surface area contributed by atoms with Gasteiger partial charge in [0.1, 0.15) is 6.42 Å². The summed E-state index contributed by atoms with van der Waals surface area (Å²) in [5, 5.41) is 0. The van der Waals surface area contributed by atoms with Crippen LogP contribution in [0.5, 0.6) is 0 Å². The van der Waals surface area contributed by atoms with E-state index in [1.165, 1.54) is 7.11 Å². The summed E-state index contributed by atoms with van der Waals surface area (Å²) in [5.41, 5.74) is 1.67. The number of ether oxygens (including phenoxy) is 1. The second-order valence-electron chi connectivity index (χ2n) is 6.49. The SMILES string of the molecule is COC(=O)c1c(C)[nH]c(C(=O)CN2CCN(C(=O)CC(F)(F)F)CC2)c1C. The number of piperazine rings is 1. The fourth-order valence-electron chi connectivity index (χ4n) is 3.16. The lowest BCUT2D eigenvalue weighted by Crippen LogP contribution is -2.50. The van der Waals surface area contributed by atoms with E-state index in [2.05, 4.69) is 4.98 Å². The Morgan fingerprint density at radius 3 is 2.22 bits per heavy atom. The third kappa shape index (κ3) is 5.09. The molecule has 0 aromatic carbocycles. The lowest BCUT2D eigenvalue weighted by molar-refractivity contribution is -0.162. The van der Waals surface area contributed by atoms with Gasteiger partial charge in [-0.1, -0.05) is 0 Å². The van der Waals surface area contributed by atoms with Crippen LogP contribution in [0.1, 0.15) is 38.5 Å². The van der Waals surface area contributed by atoms with Crippen molar-refractivity contribution >= 4 is 17.7 Å². The molecule has 0 atom stereocenters. The average Bonchev–Trinajstić information content (AvgIpc) is 2.88. The summed E-state index contributed by atoms with van der Waals surface area (Å²) in [6, 6.07) is 0. The minimum Gasteiger partial charge on any atom is -0.465 e. The monoisotopic (exact) mass is 389 g/mol. The van der Waals surface area contributed by atoms with Crippen molar-refractivity contribution in [3.63, 3.8) is 0 Å². The first-order valence-electron chi connectivity index (χ1n) is 8.41. The number of nitrogens with one attached hydrogen (secondary N) is 1. The normalized spacial score (nSPS) is 15.7. The van der Waals surface area contributed by atoms with Crippen LogP contribution in [0.2, 0.25) is 0 Å². The topological polar surface area (TPSA) is 82.7 Å². The lowest BCUT2D eigenvalue weighted by Gasteiger charge is -2.34. The van der Waals surface area contributed by atoms with E-state index in [0.717, 1.165) is 4.90 Å². The van der Waals surface area contributed by atoms with Gasteiger partial charge < -0.3 is 14.6 Å². The highest BCUT2D eigenvalue weighted by atomic mass is 19.4. The number of methoxy groups -OCH3 is 1. The fourth-order valence-corrected chi connectivity index (χ4v) is 3.16. The number of rotatable bonds is 5. The minimum atomic E-state index is -4.52. The zero-order chi connectivity index (χ0) is 20.4. The van der Waals surface area contributed by atoms with Gasteiger partial charge in [0.2, 0.25) is 5.91 Å². The first-order chi connectivity index (χ1) is 12.5. The zero-order valence-corrected chi connectivity index (χ0v) is 15.4. The Morgan fingerprint density at radius 2 is 1.70 bits per heavy atom. The highest BCUT2D eigenvalue weighted by Crippen LogP contribution is 2.22. The van der Waals surface area contributed by atoms with Gasteiger partial charge in [0.15, 0.2) is 5.78 Å². The van der Waals surface area contributed by atoms with Crippen molar-refractivity contribution in [3.8, 4) is 0 Å². The van der Waals surface area contributed by atoms with Crippen molar-refractivity contribution in [1.82, 2.24) is 14.8 Å². The van der Waals surface area contributed by atoms with Crippen LogP contribution >= 0.6 is 0 Å². The summed E-state index contributed by atoms with van der Waals surface area (Å²) in [4.78, 5) is 41.8. The van der Waals surface area contributed by atoms with Crippen molar-refractivity contribution < 1.29 is 32.3 Å². The van der Waals surface area contributed by atoms with Crippen molar-refractivity contribution in [2.75, 3.05) is 39.8 Å². The predicted octanol–water partition coefficient (Wildman–Crippen LogP) is 1.70. The first kappa shape index (κ1) is 20.9. The maximum atomic E-state index is 12.6. The molecule has 0 spiro atoms. The molecule has 1 saturated heterocycles. The van der Waals surface area contributed by atoms with Gasteiger partial charge in [0, 0.05) is 31.9 Å². The molecule has 150 valence electrons. The van der Waals surface area contributed by atoms with Crippen LogP contribution in [0.15, 0.2) is 0 Å². The Balaban J connectivity index is 1.95. The van der Waals surface area contributed by atoms with Crippen molar-refractivity contribution in [2.45, 2.75) is 26.4 Å². The van der Waals surface area contributed by atoms with Gasteiger partial charge in [-0.15, -0.1) is 0 Å². The van der Waals surface area contributed by atoms with E-state index in [1.807, 2.05) is 0 Å². The molecule has 0 saturated carbocycles. The van der Waals surface area contributed by atoms with Crippen LogP contribution in [0.3, 0.4) is 0 Å². The molecule has 1 aromatic rings. The number of alkyl halides is 3. The second kappa shape index (κ2) is 8.12. The molecular formula is C17H22F3N3O4. The molecule has 10 heteroatoms. The first-order valence-corrected chi connectivity index (χ1v) is 8.41. The minimum absolute atomic E-state index is 0.0444. The summed E-state index contributed by atoms with van der Waals surface area (Å²) in [7, 11) is 1.26. The molecule has 0 bridgehead atoms. The highest BCUT2D eigenvalue weighted by molar-refractivity contribution is 6.02. The number of carbonyl (C=O) groups is 3. The zero-order valence-electron chi connectivity index (χ0n) is 15.4. The number of H-pyrrole nitrogens is 1. The van der Waals surface area contributed by atoms with E-state index in [0.29, 0.717) is 35.6 Å². The molecule has 1 amide bonds. The van der Waals surface area contributed by atoms with Gasteiger partial charge in [-0.05, 0) is 19.4 Å². The maximum Gasteiger partial charge on any atom is 0.397 e. The maximum absolute atomic E-state index is 12.6. The number of esters is 1. The summed E-state index contributed by atoms with van der Waals surface area (Å²) in [6.45, 7) is 4.24. The van der Waals surface area contributed by atoms with E-state index in [-0.39, 0.29) is 25.4 Å². The number of aromatic amines is 1. The Hall–Kier alpha value is -2.36. The van der Waals surface area contributed by atoms with Crippen LogP contribution < -0.4 is 0 Å². The van der Waals surface area contributed by atoms with Gasteiger partial charge in [0.05, 0.1) is 24.9 Å². The number of nitrogens with zero attached hydrogens (tertiary/aromatic N) is 2. The number of hydrogen-bond acceptors (Lipinski definition) is 5. The number of Topliss-reactive ketones (excluding diaryl/α,β-unsaturated/α-hetero) is 1. The number of carbonyl (C=O) groups excluding carboxylic acids is 3. The molecule has 1 aliphatic rings. The average molecular weight is 389 g/mol. The molecule has 1 aliphatic heterocycles. The smallest absolute Gasteiger partial charge is 0.397 e. The molecule has 0 aliphatic carbocycles. The Labute approximate surface area is 154 Å². The van der Waals surface area contributed by atoms with Gasteiger partial charge >= 0.3 is 12.1 Å². The molecular weight excluding hydrogens is 367 g/mol. The predicted molar refractivity (Wildman–Crippen MR) is 89.6 cm³/mol.